The third-order valence-corrected chi connectivity index (χ3v) is 3.83. The number of carbonyl (C=O) groups excluding carboxylic acids is 1. The van der Waals surface area contributed by atoms with E-state index >= 15 is 0 Å². The standard InChI is InChI=1S/C20H20N2O5/c1-24-16-5-3-14(4-6-16)19-11-15(22-27-19)12-21-20(23)13-26-18-9-7-17(25-2)8-10-18/h3-11H,12-13H2,1-2H3,(H,21,23). The Labute approximate surface area is 156 Å². The van der Waals surface area contributed by atoms with Gasteiger partial charge in [0.2, 0.25) is 0 Å². The minimum absolute atomic E-state index is 0.0878. The number of rotatable bonds is 8. The quantitative estimate of drug-likeness (QED) is 0.658. The molecule has 27 heavy (non-hydrogen) atoms. The molecule has 0 radical (unpaired) electrons. The summed E-state index contributed by atoms with van der Waals surface area (Å²) < 4.78 is 21.0. The Bertz CT molecular complexity index is 872. The van der Waals surface area contributed by atoms with Gasteiger partial charge in [-0.25, -0.2) is 0 Å². The van der Waals surface area contributed by atoms with Crippen LogP contribution in [0.15, 0.2) is 59.1 Å². The molecule has 0 atom stereocenters. The smallest absolute Gasteiger partial charge is 0.258 e. The largest absolute Gasteiger partial charge is 0.497 e. The first kappa shape index (κ1) is 18.3. The van der Waals surface area contributed by atoms with Crippen LogP contribution in [0.4, 0.5) is 0 Å². The highest BCUT2D eigenvalue weighted by Gasteiger charge is 2.09. The van der Waals surface area contributed by atoms with Gasteiger partial charge in [-0.1, -0.05) is 5.16 Å². The molecule has 1 heterocycles. The first-order valence-electron chi connectivity index (χ1n) is 8.31. The first-order chi connectivity index (χ1) is 13.2. The summed E-state index contributed by atoms with van der Waals surface area (Å²) in [5.41, 5.74) is 1.50. The highest BCUT2D eigenvalue weighted by Crippen LogP contribution is 2.23. The van der Waals surface area contributed by atoms with Gasteiger partial charge in [-0.2, -0.15) is 0 Å². The molecule has 1 aromatic heterocycles. The molecule has 0 aliphatic heterocycles. The van der Waals surface area contributed by atoms with E-state index in [1.54, 1.807) is 44.6 Å². The highest BCUT2D eigenvalue weighted by atomic mass is 16.5. The van der Waals surface area contributed by atoms with E-state index in [-0.39, 0.29) is 19.1 Å². The van der Waals surface area contributed by atoms with Crippen LogP contribution in [0.3, 0.4) is 0 Å². The summed E-state index contributed by atoms with van der Waals surface area (Å²) in [5, 5.41) is 6.71. The first-order valence-corrected chi connectivity index (χ1v) is 8.31. The summed E-state index contributed by atoms with van der Waals surface area (Å²) in [6.07, 6.45) is 0. The summed E-state index contributed by atoms with van der Waals surface area (Å²) in [6, 6.07) is 16.2. The van der Waals surface area contributed by atoms with Crippen molar-refractivity contribution in [3.63, 3.8) is 0 Å². The fraction of sp³-hybridized carbons (Fsp3) is 0.200. The van der Waals surface area contributed by atoms with Gasteiger partial charge < -0.3 is 24.1 Å². The van der Waals surface area contributed by atoms with Crippen LogP contribution in [0.1, 0.15) is 5.69 Å². The molecule has 0 unspecified atom stereocenters. The molecule has 7 heteroatoms. The summed E-state index contributed by atoms with van der Waals surface area (Å²) >= 11 is 0. The minimum atomic E-state index is -0.250. The van der Waals surface area contributed by atoms with E-state index in [2.05, 4.69) is 10.5 Å². The van der Waals surface area contributed by atoms with Crippen LogP contribution in [-0.2, 0) is 11.3 Å². The number of carbonyl (C=O) groups is 1. The molecule has 1 amide bonds. The molecule has 0 aliphatic rings. The second-order valence-electron chi connectivity index (χ2n) is 5.65. The number of ether oxygens (including phenoxy) is 3. The van der Waals surface area contributed by atoms with Crippen molar-refractivity contribution < 1.29 is 23.5 Å². The zero-order chi connectivity index (χ0) is 19.1. The van der Waals surface area contributed by atoms with Gasteiger partial charge in [0.15, 0.2) is 12.4 Å². The zero-order valence-electron chi connectivity index (χ0n) is 15.1. The van der Waals surface area contributed by atoms with Crippen LogP contribution in [0, 0.1) is 0 Å². The summed E-state index contributed by atoms with van der Waals surface area (Å²) in [6.45, 7) is 0.167. The van der Waals surface area contributed by atoms with Crippen LogP contribution in [-0.4, -0.2) is 31.9 Å². The molecule has 0 bridgehead atoms. The Morgan fingerprint density at radius 1 is 0.963 bits per heavy atom. The lowest BCUT2D eigenvalue weighted by Gasteiger charge is -2.07. The van der Waals surface area contributed by atoms with Crippen LogP contribution >= 0.6 is 0 Å². The lowest BCUT2D eigenvalue weighted by Crippen LogP contribution is -2.28. The summed E-state index contributed by atoms with van der Waals surface area (Å²) in [4.78, 5) is 11.9. The lowest BCUT2D eigenvalue weighted by molar-refractivity contribution is -0.123. The topological polar surface area (TPSA) is 82.8 Å². The van der Waals surface area contributed by atoms with Crippen molar-refractivity contribution in [2.24, 2.45) is 0 Å². The number of nitrogens with zero attached hydrogens (tertiary/aromatic N) is 1. The van der Waals surface area contributed by atoms with Crippen molar-refractivity contribution in [1.29, 1.82) is 0 Å². The Kier molecular flexibility index (Phi) is 5.94. The molecule has 7 nitrogen and oxygen atoms in total. The van der Waals surface area contributed by atoms with Crippen molar-refractivity contribution in [1.82, 2.24) is 10.5 Å². The molecule has 0 saturated carbocycles. The number of methoxy groups -OCH3 is 2. The van der Waals surface area contributed by atoms with Gasteiger partial charge in [-0.15, -0.1) is 0 Å². The summed E-state index contributed by atoms with van der Waals surface area (Å²) in [7, 11) is 3.20. The Morgan fingerprint density at radius 2 is 1.56 bits per heavy atom. The molecule has 140 valence electrons. The van der Waals surface area contributed by atoms with Gasteiger partial charge in [-0.3, -0.25) is 4.79 Å². The van der Waals surface area contributed by atoms with Gasteiger partial charge in [0.05, 0.1) is 20.8 Å². The van der Waals surface area contributed by atoms with Gasteiger partial charge in [0.25, 0.3) is 5.91 Å². The molecule has 0 saturated heterocycles. The normalized spacial score (nSPS) is 10.3. The lowest BCUT2D eigenvalue weighted by atomic mass is 10.1. The van der Waals surface area contributed by atoms with Crippen LogP contribution in [0.25, 0.3) is 11.3 Å². The molecule has 3 rings (SSSR count). The number of hydrogen-bond donors (Lipinski definition) is 1. The second-order valence-corrected chi connectivity index (χ2v) is 5.65. The minimum Gasteiger partial charge on any atom is -0.497 e. The van der Waals surface area contributed by atoms with Crippen LogP contribution < -0.4 is 19.5 Å². The van der Waals surface area contributed by atoms with Crippen molar-refractivity contribution in [2.75, 3.05) is 20.8 Å². The molecular formula is C20H20N2O5. The SMILES string of the molecule is COc1ccc(OCC(=O)NCc2cc(-c3ccc(OC)cc3)on2)cc1. The van der Waals surface area contributed by atoms with Crippen molar-refractivity contribution in [3.05, 3.63) is 60.3 Å². The van der Waals surface area contributed by atoms with E-state index in [0.29, 0.717) is 17.2 Å². The number of benzene rings is 2. The van der Waals surface area contributed by atoms with Gasteiger partial charge in [0, 0.05) is 11.6 Å². The fourth-order valence-corrected chi connectivity index (χ4v) is 2.35. The zero-order valence-corrected chi connectivity index (χ0v) is 15.1. The van der Waals surface area contributed by atoms with Crippen molar-refractivity contribution in [3.8, 4) is 28.6 Å². The maximum absolute atomic E-state index is 11.9. The number of hydrogen-bond acceptors (Lipinski definition) is 6. The van der Waals surface area contributed by atoms with Gasteiger partial charge in [0.1, 0.15) is 22.9 Å². The Morgan fingerprint density at radius 3 is 2.19 bits per heavy atom. The maximum atomic E-state index is 11.9. The van der Waals surface area contributed by atoms with E-state index in [0.717, 1.165) is 17.1 Å². The van der Waals surface area contributed by atoms with E-state index in [9.17, 15) is 4.79 Å². The molecule has 0 fully saturated rings. The number of amides is 1. The third-order valence-electron chi connectivity index (χ3n) is 3.83. The Hall–Kier alpha value is -3.48. The summed E-state index contributed by atoms with van der Waals surface area (Å²) in [5.74, 6) is 2.46. The number of nitrogens with one attached hydrogen (secondary N) is 1. The highest BCUT2D eigenvalue weighted by molar-refractivity contribution is 5.77. The van der Waals surface area contributed by atoms with Crippen LogP contribution in [0.5, 0.6) is 17.2 Å². The molecule has 3 aromatic rings. The van der Waals surface area contributed by atoms with E-state index in [1.807, 2.05) is 24.3 Å². The number of aromatic nitrogens is 1. The van der Waals surface area contributed by atoms with Crippen LogP contribution in [0.2, 0.25) is 0 Å². The molecule has 0 aliphatic carbocycles. The Balaban J connectivity index is 1.47. The molecule has 1 N–H and O–H groups in total. The van der Waals surface area contributed by atoms with Gasteiger partial charge in [-0.05, 0) is 48.5 Å². The average Bonchev–Trinajstić information content (AvgIpc) is 3.20. The predicted molar refractivity (Wildman–Crippen MR) is 98.8 cm³/mol. The maximum Gasteiger partial charge on any atom is 0.258 e. The van der Waals surface area contributed by atoms with Crippen molar-refractivity contribution in [2.45, 2.75) is 6.54 Å². The van der Waals surface area contributed by atoms with Gasteiger partial charge >= 0.3 is 0 Å². The van der Waals surface area contributed by atoms with Crippen molar-refractivity contribution >= 4 is 5.91 Å². The molecule has 2 aromatic carbocycles. The second kappa shape index (κ2) is 8.75. The molecule has 0 spiro atoms. The predicted octanol–water partition coefficient (Wildman–Crippen LogP) is 3.05. The van der Waals surface area contributed by atoms with E-state index in [4.69, 9.17) is 18.7 Å². The van der Waals surface area contributed by atoms with E-state index in [1.165, 1.54) is 0 Å². The fourth-order valence-electron chi connectivity index (χ4n) is 2.35. The average molecular weight is 368 g/mol. The van der Waals surface area contributed by atoms with E-state index < -0.39 is 0 Å². The monoisotopic (exact) mass is 368 g/mol. The molecular weight excluding hydrogens is 348 g/mol. The third kappa shape index (κ3) is 5.01.